The van der Waals surface area contributed by atoms with Crippen molar-refractivity contribution < 1.29 is 23.5 Å². The molecule has 0 radical (unpaired) electrons. The molecule has 0 unspecified atom stereocenters. The molecule has 1 saturated heterocycles. The zero-order valence-corrected chi connectivity index (χ0v) is 18.3. The Bertz CT molecular complexity index is 1060. The van der Waals surface area contributed by atoms with Gasteiger partial charge in [-0.1, -0.05) is 41.6 Å². The van der Waals surface area contributed by atoms with E-state index in [4.69, 9.17) is 33.3 Å². The number of anilines is 1. The summed E-state index contributed by atoms with van der Waals surface area (Å²) < 4.78 is 24.0. The molecule has 0 aliphatic carbocycles. The van der Waals surface area contributed by atoms with Crippen LogP contribution in [-0.4, -0.2) is 41.8 Å². The van der Waals surface area contributed by atoms with Gasteiger partial charge >= 0.3 is 0 Å². The number of rotatable bonds is 6. The van der Waals surface area contributed by atoms with Crippen molar-refractivity contribution in [3.63, 3.8) is 0 Å². The predicted octanol–water partition coefficient (Wildman–Crippen LogP) is 4.34. The SMILES string of the molecule is COc1ccc(/C=C2/SC(=S)N(CC(=O)Nc3ccc(F)c(Cl)c3)C2=O)cc1OC. The maximum Gasteiger partial charge on any atom is 0.266 e. The maximum absolute atomic E-state index is 13.2. The molecule has 2 aromatic rings. The van der Waals surface area contributed by atoms with Gasteiger partial charge < -0.3 is 14.8 Å². The first-order chi connectivity index (χ1) is 14.3. The molecule has 2 aromatic carbocycles. The predicted molar refractivity (Wildman–Crippen MR) is 119 cm³/mol. The Morgan fingerprint density at radius 1 is 1.23 bits per heavy atom. The number of carbonyl (C=O) groups excluding carboxylic acids is 2. The van der Waals surface area contributed by atoms with Gasteiger partial charge in [0.25, 0.3) is 5.91 Å². The number of thioether (sulfide) groups is 1. The number of thiocarbonyl (C=S) groups is 1. The molecule has 156 valence electrons. The van der Waals surface area contributed by atoms with Gasteiger partial charge in [-0.3, -0.25) is 14.5 Å². The summed E-state index contributed by atoms with van der Waals surface area (Å²) in [5.41, 5.74) is 1.04. The van der Waals surface area contributed by atoms with Crippen molar-refractivity contribution in [3.8, 4) is 11.5 Å². The average Bonchev–Trinajstić information content (AvgIpc) is 2.98. The number of amides is 2. The van der Waals surface area contributed by atoms with Crippen LogP contribution in [-0.2, 0) is 9.59 Å². The lowest BCUT2D eigenvalue weighted by Gasteiger charge is -2.14. The molecule has 1 aliphatic heterocycles. The zero-order valence-electron chi connectivity index (χ0n) is 15.9. The molecule has 0 aromatic heterocycles. The van der Waals surface area contributed by atoms with Crippen LogP contribution in [0.1, 0.15) is 5.56 Å². The normalized spacial score (nSPS) is 14.9. The highest BCUT2D eigenvalue weighted by Crippen LogP contribution is 2.34. The van der Waals surface area contributed by atoms with Crippen LogP contribution in [0.2, 0.25) is 5.02 Å². The van der Waals surface area contributed by atoms with Gasteiger partial charge in [-0.05, 0) is 42.0 Å². The van der Waals surface area contributed by atoms with Crippen LogP contribution in [0.4, 0.5) is 10.1 Å². The molecule has 1 aliphatic rings. The second-order valence-electron chi connectivity index (χ2n) is 6.06. The fraction of sp³-hybridized carbons (Fsp3) is 0.150. The van der Waals surface area contributed by atoms with E-state index in [2.05, 4.69) is 5.32 Å². The van der Waals surface area contributed by atoms with Crippen LogP contribution < -0.4 is 14.8 Å². The average molecular weight is 467 g/mol. The molecule has 6 nitrogen and oxygen atoms in total. The van der Waals surface area contributed by atoms with E-state index in [0.29, 0.717) is 22.1 Å². The number of nitrogens with zero attached hydrogens (tertiary/aromatic N) is 1. The molecule has 10 heteroatoms. The largest absolute Gasteiger partial charge is 0.493 e. The molecule has 0 bridgehead atoms. The molecule has 1 heterocycles. The van der Waals surface area contributed by atoms with Gasteiger partial charge in [0, 0.05) is 5.69 Å². The van der Waals surface area contributed by atoms with Gasteiger partial charge in [0.15, 0.2) is 11.5 Å². The van der Waals surface area contributed by atoms with Crippen LogP contribution in [0.15, 0.2) is 41.3 Å². The number of ether oxygens (including phenoxy) is 2. The lowest BCUT2D eigenvalue weighted by Crippen LogP contribution is -2.36. The fourth-order valence-corrected chi connectivity index (χ4v) is 4.08. The van der Waals surface area contributed by atoms with E-state index in [9.17, 15) is 14.0 Å². The van der Waals surface area contributed by atoms with E-state index in [1.54, 1.807) is 24.3 Å². The third-order valence-corrected chi connectivity index (χ3v) is 5.75. The number of carbonyl (C=O) groups is 2. The summed E-state index contributed by atoms with van der Waals surface area (Å²) in [6.45, 7) is -0.275. The number of nitrogens with one attached hydrogen (secondary N) is 1. The van der Waals surface area contributed by atoms with Crippen molar-refractivity contribution >= 4 is 63.5 Å². The molecule has 3 rings (SSSR count). The minimum absolute atomic E-state index is 0.115. The number of halogens is 2. The highest BCUT2D eigenvalue weighted by Gasteiger charge is 2.33. The van der Waals surface area contributed by atoms with Gasteiger partial charge in [-0.25, -0.2) is 4.39 Å². The minimum atomic E-state index is -0.591. The van der Waals surface area contributed by atoms with Crippen LogP contribution in [0.5, 0.6) is 11.5 Å². The number of hydrogen-bond donors (Lipinski definition) is 1. The molecule has 0 atom stereocenters. The van der Waals surface area contributed by atoms with Gasteiger partial charge in [0.05, 0.1) is 24.1 Å². The van der Waals surface area contributed by atoms with Gasteiger partial charge in [0.1, 0.15) is 16.7 Å². The highest BCUT2D eigenvalue weighted by molar-refractivity contribution is 8.26. The van der Waals surface area contributed by atoms with Crippen molar-refractivity contribution in [2.45, 2.75) is 0 Å². The Morgan fingerprint density at radius 2 is 1.97 bits per heavy atom. The van der Waals surface area contributed by atoms with Crippen molar-refractivity contribution in [1.82, 2.24) is 4.90 Å². The molecule has 0 spiro atoms. The Labute approximate surface area is 187 Å². The van der Waals surface area contributed by atoms with E-state index in [0.717, 1.165) is 23.4 Å². The zero-order chi connectivity index (χ0) is 21.8. The number of benzene rings is 2. The van der Waals surface area contributed by atoms with Gasteiger partial charge in [0.2, 0.25) is 5.91 Å². The summed E-state index contributed by atoms with van der Waals surface area (Å²) in [7, 11) is 3.06. The van der Waals surface area contributed by atoms with Gasteiger partial charge in [-0.15, -0.1) is 0 Å². The Hall–Kier alpha value is -2.62. The lowest BCUT2D eigenvalue weighted by molar-refractivity contribution is -0.126. The molecule has 2 amide bonds. The standard InChI is InChI=1S/C20H16ClFN2O4S2/c1-27-15-6-3-11(7-16(15)28-2)8-17-19(26)24(20(29)30-17)10-18(25)23-12-4-5-14(22)13(21)9-12/h3-9H,10H2,1-2H3,(H,23,25)/b17-8+. The van der Waals surface area contributed by atoms with Crippen molar-refractivity contribution in [2.75, 3.05) is 26.1 Å². The first-order valence-corrected chi connectivity index (χ1v) is 10.1. The summed E-state index contributed by atoms with van der Waals surface area (Å²) >= 11 is 12.1. The van der Waals surface area contributed by atoms with Crippen molar-refractivity contribution in [2.24, 2.45) is 0 Å². The topological polar surface area (TPSA) is 67.9 Å². The van der Waals surface area contributed by atoms with Crippen LogP contribution in [0.3, 0.4) is 0 Å². The summed E-state index contributed by atoms with van der Waals surface area (Å²) in [5.74, 6) is -0.362. The van der Waals surface area contributed by atoms with E-state index >= 15 is 0 Å². The number of hydrogen-bond acceptors (Lipinski definition) is 6. The fourth-order valence-electron chi connectivity index (χ4n) is 2.65. The Kier molecular flexibility index (Phi) is 6.96. The molecule has 1 N–H and O–H groups in total. The summed E-state index contributed by atoms with van der Waals surface area (Å²) in [6.07, 6.45) is 1.67. The highest BCUT2D eigenvalue weighted by atomic mass is 35.5. The first-order valence-electron chi connectivity index (χ1n) is 8.54. The summed E-state index contributed by atoms with van der Waals surface area (Å²) in [4.78, 5) is 26.6. The first kappa shape index (κ1) is 22.1. The molecule has 1 fully saturated rings. The Balaban J connectivity index is 1.72. The molecule has 0 saturated carbocycles. The van der Waals surface area contributed by atoms with E-state index < -0.39 is 11.7 Å². The monoisotopic (exact) mass is 466 g/mol. The third kappa shape index (κ3) is 4.92. The Morgan fingerprint density at radius 3 is 2.63 bits per heavy atom. The quantitative estimate of drug-likeness (QED) is 0.504. The second kappa shape index (κ2) is 9.46. The molecular weight excluding hydrogens is 451 g/mol. The third-order valence-electron chi connectivity index (χ3n) is 4.08. The summed E-state index contributed by atoms with van der Waals surface area (Å²) in [6, 6.07) is 9.04. The summed E-state index contributed by atoms with van der Waals surface area (Å²) in [5, 5.41) is 2.45. The molecule has 30 heavy (non-hydrogen) atoms. The van der Waals surface area contributed by atoms with Crippen molar-refractivity contribution in [3.05, 3.63) is 57.7 Å². The smallest absolute Gasteiger partial charge is 0.266 e. The maximum atomic E-state index is 13.2. The van der Waals surface area contributed by atoms with Crippen molar-refractivity contribution in [1.29, 1.82) is 0 Å². The lowest BCUT2D eigenvalue weighted by atomic mass is 10.2. The second-order valence-corrected chi connectivity index (χ2v) is 8.14. The molecular formula is C20H16ClFN2O4S2. The minimum Gasteiger partial charge on any atom is -0.493 e. The van der Waals surface area contributed by atoms with Crippen LogP contribution in [0, 0.1) is 5.82 Å². The van der Waals surface area contributed by atoms with E-state index in [1.807, 2.05) is 0 Å². The van der Waals surface area contributed by atoms with Gasteiger partial charge in [-0.2, -0.15) is 0 Å². The van der Waals surface area contributed by atoms with Crippen LogP contribution in [0.25, 0.3) is 6.08 Å². The van der Waals surface area contributed by atoms with E-state index in [-0.39, 0.29) is 21.8 Å². The number of methoxy groups -OCH3 is 2. The van der Waals surface area contributed by atoms with E-state index in [1.165, 1.54) is 31.3 Å². The van der Waals surface area contributed by atoms with Crippen LogP contribution >= 0.6 is 35.6 Å².